The Kier molecular flexibility index (Phi) is 38.8. The van der Waals surface area contributed by atoms with E-state index in [0.29, 0.717) is 12.8 Å². The molecule has 0 aromatic rings. The summed E-state index contributed by atoms with van der Waals surface area (Å²) in [7, 11) is 0. The van der Waals surface area contributed by atoms with E-state index in [4.69, 9.17) is 9.47 Å². The maximum atomic E-state index is 12.2. The molecule has 52 heavy (non-hydrogen) atoms. The summed E-state index contributed by atoms with van der Waals surface area (Å²) >= 11 is 0. The fraction of sp³-hybridized carbons (Fsp3) is 0.532. The van der Waals surface area contributed by atoms with Gasteiger partial charge in [0, 0.05) is 12.8 Å². The number of carbonyl (C=O) groups is 2. The first kappa shape index (κ1) is 48.3. The summed E-state index contributed by atoms with van der Waals surface area (Å²) in [4.78, 5) is 24.2. The van der Waals surface area contributed by atoms with Crippen LogP contribution in [0.2, 0.25) is 0 Å². The van der Waals surface area contributed by atoms with Crippen molar-refractivity contribution < 1.29 is 24.2 Å². The lowest BCUT2D eigenvalue weighted by Crippen LogP contribution is -2.28. The quantitative estimate of drug-likeness (QED) is 0.0408. The van der Waals surface area contributed by atoms with E-state index < -0.39 is 6.10 Å². The molecule has 0 aliphatic heterocycles. The van der Waals surface area contributed by atoms with Gasteiger partial charge in [-0.05, 0) is 96.3 Å². The van der Waals surface area contributed by atoms with Gasteiger partial charge >= 0.3 is 11.9 Å². The topological polar surface area (TPSA) is 72.8 Å². The summed E-state index contributed by atoms with van der Waals surface area (Å²) < 4.78 is 10.5. The van der Waals surface area contributed by atoms with Crippen LogP contribution in [0.4, 0.5) is 0 Å². The molecule has 0 fully saturated rings. The molecule has 0 spiro atoms. The number of rotatable bonds is 34. The molecule has 0 unspecified atom stereocenters. The van der Waals surface area contributed by atoms with Gasteiger partial charge in [0.1, 0.15) is 6.61 Å². The summed E-state index contributed by atoms with van der Waals surface area (Å²) in [5.74, 6) is -0.739. The highest BCUT2D eigenvalue weighted by Gasteiger charge is 2.15. The molecule has 290 valence electrons. The second-order valence-corrected chi connectivity index (χ2v) is 12.6. The molecular weight excluding hydrogens is 645 g/mol. The van der Waals surface area contributed by atoms with E-state index in [1.165, 1.54) is 25.7 Å². The van der Waals surface area contributed by atoms with Gasteiger partial charge in [-0.1, -0.05) is 155 Å². The number of aliphatic hydroxyl groups is 1. The summed E-state index contributed by atoms with van der Waals surface area (Å²) in [6.07, 6.45) is 61.2. The van der Waals surface area contributed by atoms with Crippen LogP contribution in [0, 0.1) is 0 Å². The van der Waals surface area contributed by atoms with Crippen LogP contribution in [0.15, 0.2) is 122 Å². The van der Waals surface area contributed by atoms with Gasteiger partial charge in [0.05, 0.1) is 6.61 Å². The number of unbranched alkanes of at least 4 members (excludes halogenated alkanes) is 6. The van der Waals surface area contributed by atoms with E-state index in [0.717, 1.165) is 83.5 Å². The van der Waals surface area contributed by atoms with Crippen molar-refractivity contribution in [3.8, 4) is 0 Å². The average molecular weight is 717 g/mol. The highest BCUT2D eigenvalue weighted by atomic mass is 16.6. The van der Waals surface area contributed by atoms with Gasteiger partial charge < -0.3 is 14.6 Å². The average Bonchev–Trinajstić information content (AvgIpc) is 3.15. The van der Waals surface area contributed by atoms with Crippen LogP contribution in [-0.4, -0.2) is 36.4 Å². The second-order valence-electron chi connectivity index (χ2n) is 12.6. The van der Waals surface area contributed by atoms with Crippen molar-refractivity contribution in [1.82, 2.24) is 0 Å². The zero-order chi connectivity index (χ0) is 37.8. The van der Waals surface area contributed by atoms with Gasteiger partial charge in [0.25, 0.3) is 0 Å². The minimum Gasteiger partial charge on any atom is -0.462 e. The summed E-state index contributed by atoms with van der Waals surface area (Å²) in [5.41, 5.74) is 0. The molecule has 0 aromatic carbocycles. The zero-order valence-corrected chi connectivity index (χ0v) is 32.8. The van der Waals surface area contributed by atoms with Crippen molar-refractivity contribution in [3.05, 3.63) is 122 Å². The molecule has 0 bridgehead atoms. The molecule has 1 N–H and O–H groups in total. The predicted octanol–water partition coefficient (Wildman–Crippen LogP) is 12.8. The number of carbonyl (C=O) groups excluding carboxylic acids is 2. The van der Waals surface area contributed by atoms with E-state index in [-0.39, 0.29) is 31.6 Å². The minimum atomic E-state index is -0.828. The van der Waals surface area contributed by atoms with E-state index >= 15 is 0 Å². The fourth-order valence-corrected chi connectivity index (χ4v) is 4.74. The molecule has 0 heterocycles. The first-order valence-corrected chi connectivity index (χ1v) is 20.1. The number of ether oxygens (including phenoxy) is 2. The van der Waals surface area contributed by atoms with Crippen LogP contribution in [0.1, 0.15) is 142 Å². The maximum absolute atomic E-state index is 12.2. The van der Waals surface area contributed by atoms with Crippen LogP contribution in [0.25, 0.3) is 0 Å². The molecule has 5 nitrogen and oxygen atoms in total. The Morgan fingerprint density at radius 3 is 1.29 bits per heavy atom. The third-order valence-corrected chi connectivity index (χ3v) is 7.75. The number of hydrogen-bond donors (Lipinski definition) is 1. The summed E-state index contributed by atoms with van der Waals surface area (Å²) in [6.45, 7) is 3.87. The maximum Gasteiger partial charge on any atom is 0.306 e. The van der Waals surface area contributed by atoms with Crippen molar-refractivity contribution in [2.24, 2.45) is 0 Å². The number of aliphatic hydroxyl groups excluding tert-OH is 1. The Hall–Kier alpha value is -3.70. The van der Waals surface area contributed by atoms with Gasteiger partial charge in [-0.25, -0.2) is 0 Å². The van der Waals surface area contributed by atoms with Crippen LogP contribution in [0.5, 0.6) is 0 Å². The molecule has 0 saturated carbocycles. The molecule has 0 aliphatic rings. The van der Waals surface area contributed by atoms with Gasteiger partial charge in [-0.15, -0.1) is 0 Å². The van der Waals surface area contributed by atoms with Gasteiger partial charge in [0.2, 0.25) is 0 Å². The number of esters is 2. The smallest absolute Gasteiger partial charge is 0.306 e. The Bertz CT molecular complexity index is 1130. The van der Waals surface area contributed by atoms with Crippen LogP contribution in [0.3, 0.4) is 0 Å². The van der Waals surface area contributed by atoms with E-state index in [9.17, 15) is 14.7 Å². The molecule has 0 saturated heterocycles. The van der Waals surface area contributed by atoms with Gasteiger partial charge in [-0.2, -0.15) is 0 Å². The third-order valence-electron chi connectivity index (χ3n) is 7.75. The van der Waals surface area contributed by atoms with Crippen molar-refractivity contribution in [1.29, 1.82) is 0 Å². The molecule has 0 aromatic heterocycles. The molecule has 0 rings (SSSR count). The van der Waals surface area contributed by atoms with E-state index in [2.05, 4.69) is 123 Å². The standard InChI is InChI=1S/C47H72O5/c1-3-5-7-9-11-13-15-17-19-21-23-25-27-29-31-33-35-37-39-41-46(49)51-44-45(43-48)52-47(50)42-40-38-36-34-32-30-28-26-24-22-20-18-16-14-12-10-8-6-4-2/h5,7,11-14,17-20,23-26,29-32,35,37,45,48H,3-4,6,8-10,15-16,21-22,27-28,33-34,36,38-44H2,1-2H3/t45-/m0/s1. The SMILES string of the molecule is CCC=CCC=CCC=CCC=CCC=CCC=CCCC(=O)OC[C@H](CO)OC(=O)CCCCCC=CCC=CCC=CCC=CCCCCC. The lowest BCUT2D eigenvalue weighted by atomic mass is 10.1. The van der Waals surface area contributed by atoms with Crippen LogP contribution < -0.4 is 0 Å². The van der Waals surface area contributed by atoms with Crippen LogP contribution in [-0.2, 0) is 19.1 Å². The highest BCUT2D eigenvalue weighted by molar-refractivity contribution is 5.70. The lowest BCUT2D eigenvalue weighted by molar-refractivity contribution is -0.161. The van der Waals surface area contributed by atoms with E-state index in [1.807, 2.05) is 12.2 Å². The van der Waals surface area contributed by atoms with Crippen molar-refractivity contribution in [2.45, 2.75) is 148 Å². The molecule has 5 heteroatoms. The summed E-state index contributed by atoms with van der Waals surface area (Å²) in [5, 5.41) is 9.55. The zero-order valence-electron chi connectivity index (χ0n) is 32.8. The minimum absolute atomic E-state index is 0.128. The van der Waals surface area contributed by atoms with Gasteiger partial charge in [-0.3, -0.25) is 9.59 Å². The normalized spacial score (nSPS) is 13.5. The first-order chi connectivity index (χ1) is 25.6. The van der Waals surface area contributed by atoms with Crippen molar-refractivity contribution >= 4 is 11.9 Å². The third kappa shape index (κ3) is 39.1. The molecule has 0 aliphatic carbocycles. The predicted molar refractivity (Wildman–Crippen MR) is 223 cm³/mol. The summed E-state index contributed by atoms with van der Waals surface area (Å²) in [6, 6.07) is 0. The number of allylic oxidation sites excluding steroid dienone is 20. The Morgan fingerprint density at radius 2 is 0.865 bits per heavy atom. The van der Waals surface area contributed by atoms with Crippen LogP contribution >= 0.6 is 0 Å². The lowest BCUT2D eigenvalue weighted by Gasteiger charge is -2.15. The molecular formula is C47H72O5. The van der Waals surface area contributed by atoms with Gasteiger partial charge in [0.15, 0.2) is 6.10 Å². The second kappa shape index (κ2) is 41.7. The van der Waals surface area contributed by atoms with Crippen molar-refractivity contribution in [3.63, 3.8) is 0 Å². The molecule has 0 amide bonds. The highest BCUT2D eigenvalue weighted by Crippen LogP contribution is 2.08. The van der Waals surface area contributed by atoms with Crippen molar-refractivity contribution in [2.75, 3.05) is 13.2 Å². The Labute approximate surface area is 318 Å². The monoisotopic (exact) mass is 717 g/mol. The Morgan fingerprint density at radius 1 is 0.462 bits per heavy atom. The molecule has 0 radical (unpaired) electrons. The largest absolute Gasteiger partial charge is 0.462 e. The first-order valence-electron chi connectivity index (χ1n) is 20.1. The fourth-order valence-electron chi connectivity index (χ4n) is 4.74. The number of hydrogen-bond acceptors (Lipinski definition) is 5. The Balaban J connectivity index is 3.80. The molecule has 1 atom stereocenters. The van der Waals surface area contributed by atoms with E-state index in [1.54, 1.807) is 0 Å².